The van der Waals surface area contributed by atoms with Gasteiger partial charge >= 0.3 is 5.97 Å². The Kier molecular flexibility index (Phi) is 6.77. The lowest BCUT2D eigenvalue weighted by Gasteiger charge is -2.28. The zero-order valence-electron chi connectivity index (χ0n) is 18.0. The zero-order chi connectivity index (χ0) is 21.8. The van der Waals surface area contributed by atoms with Crippen molar-refractivity contribution in [2.24, 2.45) is 5.92 Å². The standard InChI is InChI=1S/C24H30N2O4/c1-15(2)18-11-9-17(10-12-18)13-26-20-7-5-6-8-21(20)30-14-19(23(26)27)25-22(16(3)4)24(28)29/h5-12,15-16,19,22,25H,13-14H2,1-4H3,(H,28,29)/t19-,22-/m0/s1. The lowest BCUT2D eigenvalue weighted by atomic mass is 10.0. The first-order chi connectivity index (χ1) is 14.3. The van der Waals surface area contributed by atoms with Gasteiger partial charge in [-0.1, -0.05) is 64.1 Å². The molecule has 2 aromatic rings. The molecule has 30 heavy (non-hydrogen) atoms. The number of para-hydroxylation sites is 2. The summed E-state index contributed by atoms with van der Waals surface area (Å²) in [4.78, 5) is 26.8. The van der Waals surface area contributed by atoms with Gasteiger partial charge in [0.05, 0.1) is 12.2 Å². The third-order valence-corrected chi connectivity index (χ3v) is 5.43. The van der Waals surface area contributed by atoms with E-state index in [0.29, 0.717) is 23.9 Å². The third-order valence-electron chi connectivity index (χ3n) is 5.43. The fourth-order valence-corrected chi connectivity index (χ4v) is 3.59. The van der Waals surface area contributed by atoms with Crippen LogP contribution in [0.3, 0.4) is 0 Å². The Hall–Kier alpha value is -2.86. The van der Waals surface area contributed by atoms with E-state index in [1.54, 1.807) is 4.90 Å². The van der Waals surface area contributed by atoms with Crippen molar-refractivity contribution in [3.8, 4) is 5.75 Å². The molecule has 0 fully saturated rings. The van der Waals surface area contributed by atoms with Crippen LogP contribution >= 0.6 is 0 Å². The molecule has 3 rings (SSSR count). The number of ether oxygens (including phenoxy) is 1. The largest absolute Gasteiger partial charge is 0.489 e. The Labute approximate surface area is 177 Å². The van der Waals surface area contributed by atoms with Crippen LogP contribution in [0.4, 0.5) is 5.69 Å². The van der Waals surface area contributed by atoms with Crippen LogP contribution in [0.1, 0.15) is 44.7 Å². The Morgan fingerprint density at radius 2 is 1.80 bits per heavy atom. The number of nitrogens with zero attached hydrogens (tertiary/aromatic N) is 1. The third kappa shape index (κ3) is 4.82. The number of carboxylic acid groups (broad SMARTS) is 1. The first-order valence-electron chi connectivity index (χ1n) is 10.4. The molecule has 0 saturated carbocycles. The maximum atomic E-state index is 13.5. The number of benzene rings is 2. The number of nitrogens with one attached hydrogen (secondary N) is 1. The molecular formula is C24H30N2O4. The normalized spacial score (nSPS) is 17.5. The molecule has 1 amide bonds. The highest BCUT2D eigenvalue weighted by Gasteiger charge is 2.35. The number of carbonyl (C=O) groups is 2. The highest BCUT2D eigenvalue weighted by Crippen LogP contribution is 2.32. The number of hydrogen-bond acceptors (Lipinski definition) is 4. The van der Waals surface area contributed by atoms with E-state index in [9.17, 15) is 14.7 Å². The summed E-state index contributed by atoms with van der Waals surface area (Å²) < 4.78 is 5.89. The molecule has 6 nitrogen and oxygen atoms in total. The smallest absolute Gasteiger partial charge is 0.320 e. The molecule has 2 aromatic carbocycles. The predicted molar refractivity (Wildman–Crippen MR) is 117 cm³/mol. The van der Waals surface area contributed by atoms with Gasteiger partial charge in [-0.3, -0.25) is 14.9 Å². The molecule has 0 bridgehead atoms. The Morgan fingerprint density at radius 3 is 2.40 bits per heavy atom. The summed E-state index contributed by atoms with van der Waals surface area (Å²) in [5, 5.41) is 12.6. The quantitative estimate of drug-likeness (QED) is 0.726. The number of rotatable bonds is 7. The van der Waals surface area contributed by atoms with Gasteiger partial charge in [-0.25, -0.2) is 0 Å². The van der Waals surface area contributed by atoms with Gasteiger partial charge < -0.3 is 14.7 Å². The molecule has 0 unspecified atom stereocenters. The number of aliphatic carboxylic acids is 1. The van der Waals surface area contributed by atoms with Crippen LogP contribution in [0.5, 0.6) is 5.75 Å². The van der Waals surface area contributed by atoms with Gasteiger partial charge in [-0.15, -0.1) is 0 Å². The van der Waals surface area contributed by atoms with Crippen LogP contribution < -0.4 is 15.0 Å². The topological polar surface area (TPSA) is 78.9 Å². The predicted octanol–water partition coefficient (Wildman–Crippen LogP) is 3.80. The number of amides is 1. The summed E-state index contributed by atoms with van der Waals surface area (Å²) >= 11 is 0. The van der Waals surface area contributed by atoms with E-state index in [2.05, 4.69) is 31.3 Å². The van der Waals surface area contributed by atoms with E-state index < -0.39 is 18.1 Å². The SMILES string of the molecule is CC(C)c1ccc(CN2C(=O)[C@@H](N[C@H](C(=O)O)C(C)C)COc3ccccc32)cc1. The molecule has 1 aliphatic heterocycles. The van der Waals surface area contributed by atoms with Crippen molar-refractivity contribution in [2.45, 2.75) is 52.2 Å². The van der Waals surface area contributed by atoms with Gasteiger partial charge in [0.15, 0.2) is 0 Å². The molecule has 0 saturated heterocycles. The van der Waals surface area contributed by atoms with Gasteiger partial charge in [0.1, 0.15) is 24.4 Å². The molecule has 6 heteroatoms. The maximum Gasteiger partial charge on any atom is 0.320 e. The van der Waals surface area contributed by atoms with Crippen molar-refractivity contribution in [1.82, 2.24) is 5.32 Å². The first-order valence-corrected chi connectivity index (χ1v) is 10.4. The Balaban J connectivity index is 1.90. The van der Waals surface area contributed by atoms with Crippen LogP contribution in [-0.2, 0) is 16.1 Å². The Bertz CT molecular complexity index is 892. The first kappa shape index (κ1) is 21.8. The number of carbonyl (C=O) groups excluding carboxylic acids is 1. The summed E-state index contributed by atoms with van der Waals surface area (Å²) in [5.74, 6) is -0.288. The van der Waals surface area contributed by atoms with Crippen LogP contribution in [0.2, 0.25) is 0 Å². The monoisotopic (exact) mass is 410 g/mol. The summed E-state index contributed by atoms with van der Waals surface area (Å²) in [5.41, 5.74) is 2.93. The minimum absolute atomic E-state index is 0.0785. The molecule has 1 aliphatic rings. The van der Waals surface area contributed by atoms with Crippen LogP contribution in [0.15, 0.2) is 48.5 Å². The van der Waals surface area contributed by atoms with E-state index >= 15 is 0 Å². The molecule has 0 aromatic heterocycles. The summed E-state index contributed by atoms with van der Waals surface area (Å²) in [6.45, 7) is 8.38. The van der Waals surface area contributed by atoms with Crippen molar-refractivity contribution in [3.05, 3.63) is 59.7 Å². The molecule has 0 radical (unpaired) electrons. The minimum atomic E-state index is -0.976. The average molecular weight is 411 g/mol. The fourth-order valence-electron chi connectivity index (χ4n) is 3.59. The lowest BCUT2D eigenvalue weighted by Crippen LogP contribution is -2.55. The van der Waals surface area contributed by atoms with Crippen molar-refractivity contribution >= 4 is 17.6 Å². The van der Waals surface area contributed by atoms with Gasteiger partial charge in [0.25, 0.3) is 0 Å². The second kappa shape index (κ2) is 9.30. The average Bonchev–Trinajstić information content (AvgIpc) is 2.83. The number of carboxylic acids is 1. The van der Waals surface area contributed by atoms with Crippen molar-refractivity contribution in [3.63, 3.8) is 0 Å². The van der Waals surface area contributed by atoms with Gasteiger partial charge in [-0.2, -0.15) is 0 Å². The zero-order valence-corrected chi connectivity index (χ0v) is 18.0. The van der Waals surface area contributed by atoms with Crippen molar-refractivity contribution in [1.29, 1.82) is 0 Å². The minimum Gasteiger partial charge on any atom is -0.489 e. The van der Waals surface area contributed by atoms with E-state index in [0.717, 1.165) is 5.56 Å². The molecule has 0 spiro atoms. The molecule has 1 heterocycles. The van der Waals surface area contributed by atoms with Gasteiger partial charge in [-0.05, 0) is 35.1 Å². The summed E-state index contributed by atoms with van der Waals surface area (Å²) in [7, 11) is 0. The van der Waals surface area contributed by atoms with E-state index in [1.807, 2.05) is 50.2 Å². The van der Waals surface area contributed by atoms with E-state index in [-0.39, 0.29) is 18.4 Å². The van der Waals surface area contributed by atoms with Crippen molar-refractivity contribution in [2.75, 3.05) is 11.5 Å². The van der Waals surface area contributed by atoms with Crippen LogP contribution in [-0.4, -0.2) is 35.7 Å². The fraction of sp³-hybridized carbons (Fsp3) is 0.417. The molecular weight excluding hydrogens is 380 g/mol. The second-order valence-corrected chi connectivity index (χ2v) is 8.38. The number of hydrogen-bond donors (Lipinski definition) is 2. The summed E-state index contributed by atoms with van der Waals surface area (Å²) in [6.07, 6.45) is 0. The van der Waals surface area contributed by atoms with Gasteiger partial charge in [0, 0.05) is 0 Å². The second-order valence-electron chi connectivity index (χ2n) is 8.38. The molecule has 0 aliphatic carbocycles. The van der Waals surface area contributed by atoms with Gasteiger partial charge in [0.2, 0.25) is 5.91 Å². The van der Waals surface area contributed by atoms with E-state index in [1.165, 1.54) is 5.56 Å². The molecule has 160 valence electrons. The highest BCUT2D eigenvalue weighted by atomic mass is 16.5. The summed E-state index contributed by atoms with van der Waals surface area (Å²) in [6, 6.07) is 14.1. The van der Waals surface area contributed by atoms with Crippen LogP contribution in [0.25, 0.3) is 0 Å². The Morgan fingerprint density at radius 1 is 1.13 bits per heavy atom. The molecule has 2 atom stereocenters. The molecule has 2 N–H and O–H groups in total. The number of fused-ring (bicyclic) bond motifs is 1. The van der Waals surface area contributed by atoms with E-state index in [4.69, 9.17) is 4.74 Å². The van der Waals surface area contributed by atoms with Crippen LogP contribution in [0, 0.1) is 5.92 Å². The lowest BCUT2D eigenvalue weighted by molar-refractivity contribution is -0.141. The van der Waals surface area contributed by atoms with Crippen molar-refractivity contribution < 1.29 is 19.4 Å². The highest BCUT2D eigenvalue weighted by molar-refractivity contribution is 5.99. The number of anilines is 1. The maximum absolute atomic E-state index is 13.5.